The summed E-state index contributed by atoms with van der Waals surface area (Å²) in [5, 5.41) is 9.66. The van der Waals surface area contributed by atoms with Gasteiger partial charge >= 0.3 is 0 Å². The Morgan fingerprint density at radius 3 is 2.32 bits per heavy atom. The molecule has 0 heterocycles. The minimum absolute atomic E-state index is 0.0198. The molecular weight excluding hydrogens is 372 g/mol. The molecule has 0 unspecified atom stereocenters. The molecule has 96 valence electrons. The lowest BCUT2D eigenvalue weighted by molar-refractivity contribution is 0.104. The van der Waals surface area contributed by atoms with E-state index >= 15 is 0 Å². The lowest BCUT2D eigenvalue weighted by atomic mass is 10.1. The van der Waals surface area contributed by atoms with Gasteiger partial charge in [-0.25, -0.2) is 0 Å². The first-order valence-corrected chi connectivity index (χ1v) is 7.11. The maximum Gasteiger partial charge on any atom is 0.189 e. The Labute approximate surface area is 128 Å². The first-order valence-electron chi connectivity index (χ1n) is 5.53. The van der Waals surface area contributed by atoms with Crippen molar-refractivity contribution in [2.45, 2.75) is 0 Å². The smallest absolute Gasteiger partial charge is 0.189 e. The number of ketones is 1. The van der Waals surface area contributed by atoms with Crippen LogP contribution in [0.5, 0.6) is 5.75 Å². The Balaban J connectivity index is 2.21. The predicted octanol–water partition coefficient (Wildman–Crippen LogP) is 4.81. The molecule has 2 aromatic rings. The van der Waals surface area contributed by atoms with E-state index in [-0.39, 0.29) is 17.1 Å². The third-order valence-electron chi connectivity index (χ3n) is 2.52. The lowest BCUT2D eigenvalue weighted by Gasteiger charge is -2.01. The van der Waals surface area contributed by atoms with Crippen LogP contribution in [-0.2, 0) is 0 Å². The summed E-state index contributed by atoms with van der Waals surface area (Å²) in [7, 11) is 0. The number of hydrogen-bond donors (Lipinski definition) is 1. The Morgan fingerprint density at radius 2 is 1.63 bits per heavy atom. The number of rotatable bonds is 3. The molecule has 0 atom stereocenters. The van der Waals surface area contributed by atoms with Gasteiger partial charge in [-0.15, -0.1) is 0 Å². The van der Waals surface area contributed by atoms with Gasteiger partial charge in [0.1, 0.15) is 5.75 Å². The molecule has 0 radical (unpaired) electrons. The van der Waals surface area contributed by atoms with Crippen LogP contribution in [0, 0.1) is 0 Å². The molecule has 4 heteroatoms. The Hall–Kier alpha value is -1.39. The highest BCUT2D eigenvalue weighted by molar-refractivity contribution is 9.10. The van der Waals surface area contributed by atoms with Gasteiger partial charge in [0.05, 0.1) is 5.56 Å². The zero-order chi connectivity index (χ0) is 13.8. The molecular formula is C15H10Br2O2. The molecule has 1 N–H and O–H groups in total. The van der Waals surface area contributed by atoms with Gasteiger partial charge in [-0.3, -0.25) is 4.79 Å². The van der Waals surface area contributed by atoms with Crippen molar-refractivity contribution in [1.82, 2.24) is 0 Å². The maximum atomic E-state index is 12.0. The van der Waals surface area contributed by atoms with Crippen LogP contribution in [0.2, 0.25) is 0 Å². The van der Waals surface area contributed by atoms with Gasteiger partial charge < -0.3 is 5.11 Å². The van der Waals surface area contributed by atoms with Gasteiger partial charge in [0.2, 0.25) is 0 Å². The Morgan fingerprint density at radius 1 is 1.00 bits per heavy atom. The van der Waals surface area contributed by atoms with Crippen LogP contribution in [0.25, 0.3) is 6.08 Å². The van der Waals surface area contributed by atoms with Crippen molar-refractivity contribution < 1.29 is 9.90 Å². The highest BCUT2D eigenvalue weighted by Gasteiger charge is 2.08. The number of benzene rings is 2. The summed E-state index contributed by atoms with van der Waals surface area (Å²) in [6.07, 6.45) is 3.17. The zero-order valence-electron chi connectivity index (χ0n) is 9.81. The topological polar surface area (TPSA) is 37.3 Å². The number of phenolic OH excluding ortho intramolecular Hbond substituents is 1. The van der Waals surface area contributed by atoms with Crippen molar-refractivity contribution in [2.24, 2.45) is 0 Å². The van der Waals surface area contributed by atoms with Gasteiger partial charge in [0.25, 0.3) is 0 Å². The summed E-state index contributed by atoms with van der Waals surface area (Å²) < 4.78 is 1.74. The standard InChI is InChI=1S/C15H10Br2O2/c16-11-4-1-10(2-5-11)3-7-14(18)13-9-12(17)6-8-15(13)19/h1-9,19H/b7-3+. The normalized spacial score (nSPS) is 10.8. The van der Waals surface area contributed by atoms with E-state index in [9.17, 15) is 9.90 Å². The van der Waals surface area contributed by atoms with E-state index in [0.29, 0.717) is 0 Å². The van der Waals surface area contributed by atoms with Gasteiger partial charge in [-0.1, -0.05) is 50.1 Å². The van der Waals surface area contributed by atoms with E-state index in [4.69, 9.17) is 0 Å². The van der Waals surface area contributed by atoms with Gasteiger partial charge in [-0.05, 0) is 42.0 Å². The quantitative estimate of drug-likeness (QED) is 0.611. The SMILES string of the molecule is O=C(/C=C/c1ccc(Br)cc1)c1cc(Br)ccc1O. The molecule has 19 heavy (non-hydrogen) atoms. The number of allylic oxidation sites excluding steroid dienone is 1. The lowest BCUT2D eigenvalue weighted by Crippen LogP contribution is -1.94. The van der Waals surface area contributed by atoms with Crippen LogP contribution in [0.3, 0.4) is 0 Å². The van der Waals surface area contributed by atoms with E-state index in [1.54, 1.807) is 18.2 Å². The van der Waals surface area contributed by atoms with Crippen LogP contribution < -0.4 is 0 Å². The third kappa shape index (κ3) is 3.78. The molecule has 0 aliphatic carbocycles. The monoisotopic (exact) mass is 380 g/mol. The molecule has 0 saturated carbocycles. The van der Waals surface area contributed by atoms with E-state index in [0.717, 1.165) is 14.5 Å². The van der Waals surface area contributed by atoms with E-state index in [2.05, 4.69) is 31.9 Å². The van der Waals surface area contributed by atoms with Crippen molar-refractivity contribution in [1.29, 1.82) is 0 Å². The number of carbonyl (C=O) groups excluding carboxylic acids is 1. The van der Waals surface area contributed by atoms with Crippen LogP contribution in [0.1, 0.15) is 15.9 Å². The van der Waals surface area contributed by atoms with E-state index in [1.807, 2.05) is 24.3 Å². The van der Waals surface area contributed by atoms with Crippen molar-refractivity contribution in [3.63, 3.8) is 0 Å². The minimum Gasteiger partial charge on any atom is -0.507 e. The number of phenols is 1. The van der Waals surface area contributed by atoms with Crippen molar-refractivity contribution >= 4 is 43.7 Å². The first-order chi connectivity index (χ1) is 9.06. The fourth-order valence-corrected chi connectivity index (χ4v) is 2.17. The molecule has 2 nitrogen and oxygen atoms in total. The van der Waals surface area contributed by atoms with Crippen LogP contribution in [0.15, 0.2) is 57.5 Å². The molecule has 2 aromatic carbocycles. The highest BCUT2D eigenvalue weighted by atomic mass is 79.9. The Kier molecular flexibility index (Phi) is 4.56. The second kappa shape index (κ2) is 6.17. The summed E-state index contributed by atoms with van der Waals surface area (Å²) >= 11 is 6.63. The predicted molar refractivity (Wildman–Crippen MR) is 83.3 cm³/mol. The van der Waals surface area contributed by atoms with Crippen molar-refractivity contribution in [3.8, 4) is 5.75 Å². The summed E-state index contributed by atoms with van der Waals surface area (Å²) in [4.78, 5) is 12.0. The zero-order valence-corrected chi connectivity index (χ0v) is 13.0. The molecule has 0 saturated heterocycles. The second-order valence-corrected chi connectivity index (χ2v) is 5.74. The molecule has 0 spiro atoms. The van der Waals surface area contributed by atoms with E-state index < -0.39 is 0 Å². The van der Waals surface area contributed by atoms with Crippen LogP contribution in [-0.4, -0.2) is 10.9 Å². The maximum absolute atomic E-state index is 12.0. The summed E-state index contributed by atoms with van der Waals surface area (Å²) in [6.45, 7) is 0. The molecule has 0 amide bonds. The molecule has 0 aliphatic heterocycles. The Bertz CT molecular complexity index is 631. The molecule has 2 rings (SSSR count). The van der Waals surface area contributed by atoms with Crippen molar-refractivity contribution in [2.75, 3.05) is 0 Å². The van der Waals surface area contributed by atoms with Gasteiger partial charge in [0, 0.05) is 8.95 Å². The number of hydrogen-bond acceptors (Lipinski definition) is 2. The van der Waals surface area contributed by atoms with Gasteiger partial charge in [-0.2, -0.15) is 0 Å². The largest absolute Gasteiger partial charge is 0.507 e. The van der Waals surface area contributed by atoms with E-state index in [1.165, 1.54) is 12.1 Å². The first kappa shape index (κ1) is 14.0. The average molecular weight is 382 g/mol. The minimum atomic E-state index is -0.235. The van der Waals surface area contributed by atoms with Crippen LogP contribution in [0.4, 0.5) is 0 Å². The molecule has 0 fully saturated rings. The molecule has 0 bridgehead atoms. The third-order valence-corrected chi connectivity index (χ3v) is 3.54. The highest BCUT2D eigenvalue weighted by Crippen LogP contribution is 2.23. The average Bonchev–Trinajstić information content (AvgIpc) is 2.40. The van der Waals surface area contributed by atoms with Crippen LogP contribution >= 0.6 is 31.9 Å². The summed E-state index contributed by atoms with van der Waals surface area (Å²) in [6, 6.07) is 12.4. The fraction of sp³-hybridized carbons (Fsp3) is 0. The van der Waals surface area contributed by atoms with Gasteiger partial charge in [0.15, 0.2) is 5.78 Å². The summed E-state index contributed by atoms with van der Waals surface area (Å²) in [5.41, 5.74) is 1.20. The summed E-state index contributed by atoms with van der Waals surface area (Å²) in [5.74, 6) is -0.254. The number of carbonyl (C=O) groups is 1. The number of halogens is 2. The number of aromatic hydroxyl groups is 1. The molecule has 0 aromatic heterocycles. The second-order valence-electron chi connectivity index (χ2n) is 3.91. The van der Waals surface area contributed by atoms with Crippen molar-refractivity contribution in [3.05, 3.63) is 68.6 Å². The molecule has 0 aliphatic rings. The fourth-order valence-electron chi connectivity index (χ4n) is 1.54.